The van der Waals surface area contributed by atoms with Gasteiger partial charge in [-0.1, -0.05) is 18.2 Å². The van der Waals surface area contributed by atoms with Crippen LogP contribution in [0.3, 0.4) is 0 Å². The molecule has 0 aliphatic carbocycles. The number of allylic oxidation sites excluding steroid dienone is 2. The number of nitrogens with zero attached hydrogens (tertiary/aromatic N) is 3. The van der Waals surface area contributed by atoms with Gasteiger partial charge in [-0.15, -0.1) is 0 Å². The van der Waals surface area contributed by atoms with E-state index in [2.05, 4.69) is 9.98 Å². The van der Waals surface area contributed by atoms with Crippen LogP contribution < -0.4 is 0 Å². The zero-order chi connectivity index (χ0) is 19.3. The molecule has 0 unspecified atom stereocenters. The number of amidine groups is 2. The van der Waals surface area contributed by atoms with Crippen molar-refractivity contribution in [3.05, 3.63) is 59.6 Å². The molecule has 10 heteroatoms. The van der Waals surface area contributed by atoms with Crippen molar-refractivity contribution in [1.82, 2.24) is 4.90 Å². The number of hydrogen-bond acceptors (Lipinski definition) is 3. The van der Waals surface area contributed by atoms with Crippen LogP contribution in [0.15, 0.2) is 58.2 Å². The number of rotatable bonds is 1. The molecule has 0 amide bonds. The van der Waals surface area contributed by atoms with Crippen LogP contribution in [0.5, 0.6) is 0 Å². The van der Waals surface area contributed by atoms with Gasteiger partial charge in [0.25, 0.3) is 0 Å². The molecule has 2 aliphatic heterocycles. The predicted molar refractivity (Wildman–Crippen MR) is 79.9 cm³/mol. The van der Waals surface area contributed by atoms with Gasteiger partial charge in [0.15, 0.2) is 0 Å². The normalized spacial score (nSPS) is 19.5. The molecule has 0 N–H and O–H groups in total. The van der Waals surface area contributed by atoms with Gasteiger partial charge in [-0.05, 0) is 30.7 Å². The van der Waals surface area contributed by atoms with Crippen molar-refractivity contribution in [1.29, 1.82) is 0 Å². The lowest BCUT2D eigenvalue weighted by atomic mass is 10.1. The SMILES string of the molecule is CC1=CN2C(=NC(C(F)(F)F)(C(F)(F)F)N=C2c2ccccc2F)C=C1. The summed E-state index contributed by atoms with van der Waals surface area (Å²) in [5.74, 6) is -2.48. The summed E-state index contributed by atoms with van der Waals surface area (Å²) < 4.78 is 94.7. The second kappa shape index (κ2) is 5.68. The second-order valence-corrected chi connectivity index (χ2v) is 5.63. The molecule has 3 nitrogen and oxygen atoms in total. The Balaban J connectivity index is 2.34. The molecule has 0 fully saturated rings. The monoisotopic (exact) mass is 377 g/mol. The minimum absolute atomic E-state index is 0.503. The molecule has 0 spiro atoms. The summed E-state index contributed by atoms with van der Waals surface area (Å²) in [6.45, 7) is 1.57. The molecule has 2 aliphatic rings. The Morgan fingerprint density at radius 3 is 2.12 bits per heavy atom. The van der Waals surface area contributed by atoms with E-state index in [4.69, 9.17) is 0 Å². The average molecular weight is 377 g/mol. The fourth-order valence-electron chi connectivity index (χ4n) is 2.50. The van der Waals surface area contributed by atoms with Crippen LogP contribution in [-0.4, -0.2) is 34.6 Å². The standard InChI is InChI=1S/C16H10F7N3/c1-9-6-7-12-24-14(15(18,19)20,16(21,22)23)25-13(26(12)8-9)10-4-2-3-5-11(10)17/h2-8H,1H3. The number of halogens is 7. The van der Waals surface area contributed by atoms with Crippen molar-refractivity contribution in [2.45, 2.75) is 24.9 Å². The summed E-state index contributed by atoms with van der Waals surface area (Å²) in [6.07, 6.45) is -8.20. The molecule has 3 rings (SSSR count). The van der Waals surface area contributed by atoms with Gasteiger partial charge in [-0.25, -0.2) is 14.4 Å². The first-order chi connectivity index (χ1) is 12.0. The van der Waals surface area contributed by atoms with Gasteiger partial charge < -0.3 is 0 Å². The third kappa shape index (κ3) is 2.69. The van der Waals surface area contributed by atoms with E-state index in [0.29, 0.717) is 5.57 Å². The molecule has 0 saturated carbocycles. The Hall–Kier alpha value is -2.65. The smallest absolute Gasteiger partial charge is 0.286 e. The van der Waals surface area contributed by atoms with E-state index in [-0.39, 0.29) is 0 Å². The van der Waals surface area contributed by atoms with Crippen LogP contribution in [0.2, 0.25) is 0 Å². The highest BCUT2D eigenvalue weighted by Crippen LogP contribution is 2.49. The molecule has 1 aromatic carbocycles. The van der Waals surface area contributed by atoms with Gasteiger partial charge >= 0.3 is 18.0 Å². The first-order valence-corrected chi connectivity index (χ1v) is 7.20. The van der Waals surface area contributed by atoms with E-state index in [9.17, 15) is 30.7 Å². The van der Waals surface area contributed by atoms with Crippen molar-refractivity contribution in [2.75, 3.05) is 0 Å². The van der Waals surface area contributed by atoms with Crippen LogP contribution in [0.25, 0.3) is 0 Å². The Morgan fingerprint density at radius 1 is 0.923 bits per heavy atom. The Kier molecular flexibility index (Phi) is 3.97. The fraction of sp³-hybridized carbons (Fsp3) is 0.250. The minimum Gasteiger partial charge on any atom is -0.286 e. The van der Waals surface area contributed by atoms with Gasteiger partial charge in [0.2, 0.25) is 0 Å². The molecule has 0 radical (unpaired) electrons. The van der Waals surface area contributed by atoms with Crippen LogP contribution >= 0.6 is 0 Å². The number of aliphatic imine (C=N–C) groups is 2. The van der Waals surface area contributed by atoms with E-state index >= 15 is 0 Å². The summed E-state index contributed by atoms with van der Waals surface area (Å²) in [5, 5.41) is 0. The van der Waals surface area contributed by atoms with Gasteiger partial charge in [-0.3, -0.25) is 4.90 Å². The highest BCUT2D eigenvalue weighted by molar-refractivity contribution is 6.15. The third-order valence-corrected chi connectivity index (χ3v) is 3.75. The van der Waals surface area contributed by atoms with Crippen molar-refractivity contribution >= 4 is 11.7 Å². The zero-order valence-corrected chi connectivity index (χ0v) is 13.0. The maximum absolute atomic E-state index is 14.1. The molecule has 0 atom stereocenters. The van der Waals surface area contributed by atoms with Gasteiger partial charge in [0.1, 0.15) is 17.5 Å². The topological polar surface area (TPSA) is 28.0 Å². The first kappa shape index (κ1) is 18.2. The summed E-state index contributed by atoms with van der Waals surface area (Å²) in [5.41, 5.74) is -4.70. The maximum atomic E-state index is 14.1. The quantitative estimate of drug-likeness (QED) is 0.659. The van der Waals surface area contributed by atoms with Crippen molar-refractivity contribution in [2.24, 2.45) is 9.98 Å². The minimum atomic E-state index is -5.87. The number of fused-ring (bicyclic) bond motifs is 1. The molecule has 138 valence electrons. The summed E-state index contributed by atoms with van der Waals surface area (Å²) in [6, 6.07) is 4.51. The predicted octanol–water partition coefficient (Wildman–Crippen LogP) is 4.58. The van der Waals surface area contributed by atoms with Gasteiger partial charge in [-0.2, -0.15) is 26.3 Å². The number of alkyl halides is 6. The Bertz CT molecular complexity index is 845. The summed E-state index contributed by atoms with van der Waals surface area (Å²) >= 11 is 0. The Labute approximate surface area is 142 Å². The largest absolute Gasteiger partial charge is 0.443 e. The molecule has 1 aromatic rings. The van der Waals surface area contributed by atoms with Crippen LogP contribution in [-0.2, 0) is 0 Å². The van der Waals surface area contributed by atoms with Crippen LogP contribution in [0.1, 0.15) is 12.5 Å². The zero-order valence-electron chi connectivity index (χ0n) is 13.0. The fourth-order valence-corrected chi connectivity index (χ4v) is 2.50. The van der Waals surface area contributed by atoms with Crippen molar-refractivity contribution < 1.29 is 30.7 Å². The average Bonchev–Trinajstić information content (AvgIpc) is 2.52. The van der Waals surface area contributed by atoms with Gasteiger partial charge in [0, 0.05) is 6.20 Å². The Morgan fingerprint density at radius 2 is 1.54 bits per heavy atom. The number of benzene rings is 1. The highest BCUT2D eigenvalue weighted by atomic mass is 19.4. The molecule has 0 saturated heterocycles. The van der Waals surface area contributed by atoms with E-state index < -0.39 is 41.1 Å². The summed E-state index contributed by atoms with van der Waals surface area (Å²) in [7, 11) is 0. The van der Waals surface area contributed by atoms with E-state index in [0.717, 1.165) is 23.1 Å². The second-order valence-electron chi connectivity index (χ2n) is 5.63. The maximum Gasteiger partial charge on any atom is 0.443 e. The lowest BCUT2D eigenvalue weighted by molar-refractivity contribution is -0.292. The van der Waals surface area contributed by atoms with E-state index in [1.807, 2.05) is 0 Å². The molecular weight excluding hydrogens is 367 g/mol. The lowest BCUT2D eigenvalue weighted by Crippen LogP contribution is -2.59. The van der Waals surface area contributed by atoms with Gasteiger partial charge in [0.05, 0.1) is 5.56 Å². The molecule has 0 aromatic heterocycles. The molecule has 26 heavy (non-hydrogen) atoms. The molecular formula is C16H10F7N3. The van der Waals surface area contributed by atoms with Crippen LogP contribution in [0.4, 0.5) is 30.7 Å². The lowest BCUT2D eigenvalue weighted by Gasteiger charge is -2.38. The van der Waals surface area contributed by atoms with E-state index in [1.54, 1.807) is 6.92 Å². The highest BCUT2D eigenvalue weighted by Gasteiger charge is 2.73. The first-order valence-electron chi connectivity index (χ1n) is 7.20. The van der Waals surface area contributed by atoms with Crippen molar-refractivity contribution in [3.8, 4) is 0 Å². The van der Waals surface area contributed by atoms with E-state index in [1.165, 1.54) is 24.4 Å². The molecule has 0 bridgehead atoms. The molecule has 2 heterocycles. The van der Waals surface area contributed by atoms with Crippen LogP contribution in [0, 0.1) is 5.82 Å². The third-order valence-electron chi connectivity index (χ3n) is 3.75. The summed E-state index contributed by atoms with van der Waals surface area (Å²) in [4.78, 5) is 6.67. The van der Waals surface area contributed by atoms with Crippen molar-refractivity contribution in [3.63, 3.8) is 0 Å². The number of hydrogen-bond donors (Lipinski definition) is 0.